The predicted molar refractivity (Wildman–Crippen MR) is 54.6 cm³/mol. The molecule has 0 fully saturated rings. The molecule has 0 aliphatic rings. The summed E-state index contributed by atoms with van der Waals surface area (Å²) in [5, 5.41) is 19.8. The Morgan fingerprint density at radius 3 is 2.33 bits per heavy atom. The second kappa shape index (κ2) is 8.19. The molecule has 6 nitrogen and oxygen atoms in total. The lowest BCUT2D eigenvalue weighted by molar-refractivity contribution is -0.145. The quantitative estimate of drug-likeness (QED) is 0.393. The second-order valence-electron chi connectivity index (χ2n) is 3.29. The molecule has 0 saturated heterocycles. The Labute approximate surface area is 88.5 Å². The standard InChI is InChI=1S/C9H18N2O4/c10-4-2-1-3-5-11-7(9(14)15)6-8(12)13/h7,11H,1-6,10H2,(H,12,13)(H,14,15). The molecule has 1 atom stereocenters. The van der Waals surface area contributed by atoms with Crippen LogP contribution in [0.4, 0.5) is 0 Å². The molecule has 0 aromatic heterocycles. The third-order valence-corrected chi connectivity index (χ3v) is 1.95. The van der Waals surface area contributed by atoms with Crippen LogP contribution in [-0.2, 0) is 9.59 Å². The van der Waals surface area contributed by atoms with Crippen LogP contribution >= 0.6 is 0 Å². The number of hydrogen-bond donors (Lipinski definition) is 4. The van der Waals surface area contributed by atoms with E-state index >= 15 is 0 Å². The van der Waals surface area contributed by atoms with Crippen molar-refractivity contribution >= 4 is 11.9 Å². The molecule has 0 radical (unpaired) electrons. The molecule has 0 amide bonds. The molecule has 0 aliphatic heterocycles. The van der Waals surface area contributed by atoms with E-state index in [4.69, 9.17) is 15.9 Å². The van der Waals surface area contributed by atoms with E-state index in [1.807, 2.05) is 0 Å². The minimum atomic E-state index is -1.13. The lowest BCUT2D eigenvalue weighted by Crippen LogP contribution is -2.39. The molecule has 0 aliphatic carbocycles. The summed E-state index contributed by atoms with van der Waals surface area (Å²) in [5.41, 5.74) is 5.29. The van der Waals surface area contributed by atoms with Crippen molar-refractivity contribution in [1.29, 1.82) is 0 Å². The zero-order valence-corrected chi connectivity index (χ0v) is 8.61. The van der Waals surface area contributed by atoms with E-state index in [2.05, 4.69) is 5.32 Å². The Morgan fingerprint density at radius 2 is 1.87 bits per heavy atom. The highest BCUT2D eigenvalue weighted by molar-refractivity contribution is 5.80. The lowest BCUT2D eigenvalue weighted by Gasteiger charge is -2.11. The van der Waals surface area contributed by atoms with Crippen molar-refractivity contribution in [3.05, 3.63) is 0 Å². The highest BCUT2D eigenvalue weighted by atomic mass is 16.4. The topological polar surface area (TPSA) is 113 Å². The summed E-state index contributed by atoms with van der Waals surface area (Å²) in [7, 11) is 0. The molecule has 15 heavy (non-hydrogen) atoms. The number of rotatable bonds is 9. The average Bonchev–Trinajstić information content (AvgIpc) is 2.15. The molecule has 1 unspecified atom stereocenters. The van der Waals surface area contributed by atoms with Crippen molar-refractivity contribution in [1.82, 2.24) is 5.32 Å². The van der Waals surface area contributed by atoms with E-state index < -0.39 is 24.4 Å². The Bertz CT molecular complexity index is 208. The Morgan fingerprint density at radius 1 is 1.20 bits per heavy atom. The molecule has 0 aromatic rings. The van der Waals surface area contributed by atoms with Gasteiger partial charge in [0.05, 0.1) is 6.42 Å². The van der Waals surface area contributed by atoms with Crippen LogP contribution in [0, 0.1) is 0 Å². The number of carbonyl (C=O) groups is 2. The maximum Gasteiger partial charge on any atom is 0.321 e. The summed E-state index contributed by atoms with van der Waals surface area (Å²) < 4.78 is 0. The largest absolute Gasteiger partial charge is 0.481 e. The van der Waals surface area contributed by atoms with Crippen molar-refractivity contribution in [3.63, 3.8) is 0 Å². The highest BCUT2D eigenvalue weighted by Crippen LogP contribution is 1.96. The molecule has 0 heterocycles. The van der Waals surface area contributed by atoms with Gasteiger partial charge in [-0.3, -0.25) is 9.59 Å². The van der Waals surface area contributed by atoms with Crippen molar-refractivity contribution in [2.24, 2.45) is 5.73 Å². The van der Waals surface area contributed by atoms with Crippen LogP contribution in [0.15, 0.2) is 0 Å². The predicted octanol–water partition coefficient (Wildman–Crippen LogP) is -0.367. The molecule has 0 rings (SSSR count). The maximum absolute atomic E-state index is 10.6. The van der Waals surface area contributed by atoms with Crippen LogP contribution in [0.2, 0.25) is 0 Å². The summed E-state index contributed by atoms with van der Waals surface area (Å²) in [6.45, 7) is 1.13. The molecule has 6 heteroatoms. The third kappa shape index (κ3) is 7.90. The number of nitrogens with one attached hydrogen (secondary N) is 1. The van der Waals surface area contributed by atoms with Crippen LogP contribution in [0.1, 0.15) is 25.7 Å². The van der Waals surface area contributed by atoms with Gasteiger partial charge < -0.3 is 21.3 Å². The summed E-state index contributed by atoms with van der Waals surface area (Å²) in [4.78, 5) is 20.9. The minimum Gasteiger partial charge on any atom is -0.481 e. The van der Waals surface area contributed by atoms with Gasteiger partial charge in [0.2, 0.25) is 0 Å². The lowest BCUT2D eigenvalue weighted by atomic mass is 10.2. The molecule has 88 valence electrons. The van der Waals surface area contributed by atoms with Gasteiger partial charge in [-0.1, -0.05) is 6.42 Å². The molecule has 0 saturated carbocycles. The van der Waals surface area contributed by atoms with Crippen molar-refractivity contribution in [3.8, 4) is 0 Å². The highest BCUT2D eigenvalue weighted by Gasteiger charge is 2.19. The fourth-order valence-electron chi connectivity index (χ4n) is 1.14. The van der Waals surface area contributed by atoms with Gasteiger partial charge >= 0.3 is 11.9 Å². The normalized spacial score (nSPS) is 12.3. The first-order valence-electron chi connectivity index (χ1n) is 4.96. The zero-order chi connectivity index (χ0) is 11.7. The fourth-order valence-corrected chi connectivity index (χ4v) is 1.14. The molecule has 0 bridgehead atoms. The van der Waals surface area contributed by atoms with Crippen molar-refractivity contribution in [2.45, 2.75) is 31.7 Å². The van der Waals surface area contributed by atoms with Crippen LogP contribution in [0.5, 0.6) is 0 Å². The molecular weight excluding hydrogens is 200 g/mol. The minimum absolute atomic E-state index is 0.397. The van der Waals surface area contributed by atoms with E-state index in [0.717, 1.165) is 19.3 Å². The Hall–Kier alpha value is -1.14. The van der Waals surface area contributed by atoms with Gasteiger partial charge in [-0.2, -0.15) is 0 Å². The zero-order valence-electron chi connectivity index (χ0n) is 8.61. The summed E-state index contributed by atoms with van der Waals surface area (Å²) >= 11 is 0. The number of aliphatic carboxylic acids is 2. The van der Waals surface area contributed by atoms with Crippen LogP contribution in [0.25, 0.3) is 0 Å². The number of hydrogen-bond acceptors (Lipinski definition) is 4. The molecule has 0 aromatic carbocycles. The van der Waals surface area contributed by atoms with E-state index in [1.165, 1.54) is 0 Å². The summed E-state index contributed by atoms with van der Waals surface area (Å²) in [6.07, 6.45) is 2.23. The van der Waals surface area contributed by atoms with E-state index in [1.54, 1.807) is 0 Å². The van der Waals surface area contributed by atoms with E-state index in [9.17, 15) is 9.59 Å². The van der Waals surface area contributed by atoms with Gasteiger partial charge in [-0.15, -0.1) is 0 Å². The van der Waals surface area contributed by atoms with E-state index in [-0.39, 0.29) is 0 Å². The van der Waals surface area contributed by atoms with Crippen LogP contribution in [-0.4, -0.2) is 41.3 Å². The third-order valence-electron chi connectivity index (χ3n) is 1.95. The van der Waals surface area contributed by atoms with Crippen molar-refractivity contribution in [2.75, 3.05) is 13.1 Å². The number of unbranched alkanes of at least 4 members (excludes halogenated alkanes) is 2. The van der Waals surface area contributed by atoms with Gasteiger partial charge in [0.1, 0.15) is 6.04 Å². The first-order valence-corrected chi connectivity index (χ1v) is 4.96. The fraction of sp³-hybridized carbons (Fsp3) is 0.778. The molecular formula is C9H18N2O4. The number of nitrogens with two attached hydrogens (primary N) is 1. The molecule has 5 N–H and O–H groups in total. The van der Waals surface area contributed by atoms with E-state index in [0.29, 0.717) is 13.1 Å². The molecule has 0 spiro atoms. The smallest absolute Gasteiger partial charge is 0.321 e. The SMILES string of the molecule is NCCCCCNC(CC(=O)O)C(=O)O. The van der Waals surface area contributed by atoms with Crippen LogP contribution < -0.4 is 11.1 Å². The maximum atomic E-state index is 10.6. The Balaban J connectivity index is 3.67. The Kier molecular flexibility index (Phi) is 7.57. The first kappa shape index (κ1) is 13.9. The van der Waals surface area contributed by atoms with Gasteiger partial charge in [-0.25, -0.2) is 0 Å². The monoisotopic (exact) mass is 218 g/mol. The number of carboxylic acids is 2. The first-order chi connectivity index (χ1) is 7.07. The summed E-state index contributed by atoms with van der Waals surface area (Å²) in [5.74, 6) is -2.24. The summed E-state index contributed by atoms with van der Waals surface area (Å²) in [6, 6.07) is -1.000. The average molecular weight is 218 g/mol. The van der Waals surface area contributed by atoms with Gasteiger partial charge in [0.25, 0.3) is 0 Å². The van der Waals surface area contributed by atoms with Gasteiger partial charge in [-0.05, 0) is 25.9 Å². The second-order valence-corrected chi connectivity index (χ2v) is 3.29. The van der Waals surface area contributed by atoms with Crippen LogP contribution in [0.3, 0.4) is 0 Å². The van der Waals surface area contributed by atoms with Crippen molar-refractivity contribution < 1.29 is 19.8 Å². The van der Waals surface area contributed by atoms with Gasteiger partial charge in [0.15, 0.2) is 0 Å². The van der Waals surface area contributed by atoms with Gasteiger partial charge in [0, 0.05) is 0 Å². The number of carboxylic acid groups (broad SMARTS) is 2.